The standard InChI is InChI=1S/C52H26N8/c53-26-32-9-12-43(52(23-32)60-48-8-4-2-6-42(48)45-25-38(11-14-50(45)60)40-21-35(29-56)18-36(22-40)30-57)46-31-58-16-15-51(46)59-47-7-3-1-5-41(47)44-24-37(10-13-49(44)59)39-19-33(27-54)17-34(20-39)28-55/h1-25,31H. The van der Waals surface area contributed by atoms with E-state index in [-0.39, 0.29) is 0 Å². The fourth-order valence-corrected chi connectivity index (χ4v) is 8.47. The highest BCUT2D eigenvalue weighted by molar-refractivity contribution is 6.12. The van der Waals surface area contributed by atoms with E-state index in [2.05, 4.69) is 93.0 Å². The predicted molar refractivity (Wildman–Crippen MR) is 233 cm³/mol. The van der Waals surface area contributed by atoms with Gasteiger partial charge in [0.05, 0.1) is 91.6 Å². The van der Waals surface area contributed by atoms with Gasteiger partial charge in [0.2, 0.25) is 0 Å². The van der Waals surface area contributed by atoms with Crippen molar-refractivity contribution < 1.29 is 0 Å². The topological polar surface area (TPSA) is 142 Å². The SMILES string of the molecule is N#Cc1cc(C#N)cc(-c2ccc3c(c2)c2ccccc2n3-c2ccncc2-c2ccc(C#N)cc2-n2c3ccccc3c3cc(-c4cc(C#N)cc(C#N)c4)ccc32)c1. The third-order valence-electron chi connectivity index (χ3n) is 11.1. The van der Waals surface area contributed by atoms with Crippen LogP contribution >= 0.6 is 0 Å². The maximum Gasteiger partial charge on any atom is 0.0992 e. The van der Waals surface area contributed by atoms with E-state index in [1.54, 1.807) is 42.6 Å². The Morgan fingerprint density at radius 3 is 1.32 bits per heavy atom. The number of aromatic nitrogens is 3. The minimum absolute atomic E-state index is 0.417. The minimum Gasteiger partial charge on any atom is -0.309 e. The molecule has 8 nitrogen and oxygen atoms in total. The molecule has 3 heterocycles. The Kier molecular flexibility index (Phi) is 8.23. The van der Waals surface area contributed by atoms with E-state index in [0.717, 1.165) is 88.4 Å². The summed E-state index contributed by atoms with van der Waals surface area (Å²) in [7, 11) is 0. The zero-order valence-electron chi connectivity index (χ0n) is 31.6. The van der Waals surface area contributed by atoms with Gasteiger partial charge in [0.1, 0.15) is 0 Å². The summed E-state index contributed by atoms with van der Waals surface area (Å²) in [6.07, 6.45) is 3.65. The lowest BCUT2D eigenvalue weighted by Crippen LogP contribution is -2.02. The van der Waals surface area contributed by atoms with Gasteiger partial charge in [0.25, 0.3) is 0 Å². The van der Waals surface area contributed by atoms with Crippen molar-refractivity contribution in [1.29, 1.82) is 26.3 Å². The number of hydrogen-bond acceptors (Lipinski definition) is 6. The molecule has 0 spiro atoms. The first-order chi connectivity index (χ1) is 29.5. The molecular weight excluding hydrogens is 737 g/mol. The molecule has 274 valence electrons. The summed E-state index contributed by atoms with van der Waals surface area (Å²) < 4.78 is 4.43. The van der Waals surface area contributed by atoms with Gasteiger partial charge in [0.15, 0.2) is 0 Å². The summed E-state index contributed by atoms with van der Waals surface area (Å²) in [4.78, 5) is 4.66. The van der Waals surface area contributed by atoms with Gasteiger partial charge in [-0.15, -0.1) is 0 Å². The van der Waals surface area contributed by atoms with Crippen LogP contribution in [0.2, 0.25) is 0 Å². The van der Waals surface area contributed by atoms with Crippen LogP contribution < -0.4 is 0 Å². The van der Waals surface area contributed by atoms with Crippen molar-refractivity contribution in [3.8, 4) is 75.1 Å². The smallest absolute Gasteiger partial charge is 0.0992 e. The minimum atomic E-state index is 0.417. The molecule has 0 aliphatic heterocycles. The molecule has 0 radical (unpaired) electrons. The molecule has 3 aromatic heterocycles. The van der Waals surface area contributed by atoms with Crippen molar-refractivity contribution >= 4 is 43.6 Å². The van der Waals surface area contributed by atoms with Crippen molar-refractivity contribution in [2.45, 2.75) is 0 Å². The normalized spacial score (nSPS) is 10.9. The number of pyridine rings is 1. The van der Waals surface area contributed by atoms with Gasteiger partial charge in [-0.2, -0.15) is 26.3 Å². The third kappa shape index (κ3) is 5.61. The van der Waals surface area contributed by atoms with E-state index < -0.39 is 0 Å². The van der Waals surface area contributed by atoms with E-state index in [1.807, 2.05) is 66.9 Å². The molecule has 10 aromatic rings. The van der Waals surface area contributed by atoms with Crippen LogP contribution in [0.15, 0.2) is 158 Å². The van der Waals surface area contributed by atoms with Crippen LogP contribution in [-0.4, -0.2) is 14.1 Å². The molecule has 0 N–H and O–H groups in total. The van der Waals surface area contributed by atoms with Crippen LogP contribution in [-0.2, 0) is 0 Å². The first-order valence-electron chi connectivity index (χ1n) is 19.0. The molecule has 0 saturated carbocycles. The Labute approximate surface area is 343 Å². The van der Waals surface area contributed by atoms with Gasteiger partial charge >= 0.3 is 0 Å². The number of hydrogen-bond donors (Lipinski definition) is 0. The number of fused-ring (bicyclic) bond motifs is 6. The fourth-order valence-electron chi connectivity index (χ4n) is 8.47. The van der Waals surface area contributed by atoms with Crippen LogP contribution in [0.3, 0.4) is 0 Å². The van der Waals surface area contributed by atoms with Crippen molar-refractivity contribution in [2.24, 2.45) is 0 Å². The van der Waals surface area contributed by atoms with Crippen molar-refractivity contribution in [3.05, 3.63) is 186 Å². The van der Waals surface area contributed by atoms with Gasteiger partial charge in [-0.25, -0.2) is 0 Å². The lowest BCUT2D eigenvalue weighted by atomic mass is 9.98. The molecule has 0 aliphatic rings. The van der Waals surface area contributed by atoms with Crippen LogP contribution in [0.1, 0.15) is 27.8 Å². The highest BCUT2D eigenvalue weighted by Crippen LogP contribution is 2.42. The third-order valence-corrected chi connectivity index (χ3v) is 11.1. The Morgan fingerprint density at radius 2 is 0.817 bits per heavy atom. The largest absolute Gasteiger partial charge is 0.309 e. The molecule has 0 bridgehead atoms. The summed E-state index contributed by atoms with van der Waals surface area (Å²) in [6, 6.07) is 58.0. The van der Waals surface area contributed by atoms with E-state index in [0.29, 0.717) is 27.8 Å². The van der Waals surface area contributed by atoms with Crippen molar-refractivity contribution in [3.63, 3.8) is 0 Å². The molecule has 60 heavy (non-hydrogen) atoms. The van der Waals surface area contributed by atoms with Crippen LogP contribution in [0.4, 0.5) is 0 Å². The second-order valence-corrected chi connectivity index (χ2v) is 14.5. The Morgan fingerprint density at radius 1 is 0.350 bits per heavy atom. The van der Waals surface area contributed by atoms with E-state index in [1.165, 1.54) is 0 Å². The number of nitriles is 5. The number of benzene rings is 7. The van der Waals surface area contributed by atoms with Gasteiger partial charge in [0, 0.05) is 45.1 Å². The van der Waals surface area contributed by atoms with E-state index >= 15 is 0 Å². The average Bonchev–Trinajstić information content (AvgIpc) is 3.83. The summed E-state index contributed by atoms with van der Waals surface area (Å²) >= 11 is 0. The van der Waals surface area contributed by atoms with E-state index in [4.69, 9.17) is 0 Å². The number of nitrogens with zero attached hydrogens (tertiary/aromatic N) is 8. The zero-order chi connectivity index (χ0) is 40.9. The van der Waals surface area contributed by atoms with Crippen molar-refractivity contribution in [2.75, 3.05) is 0 Å². The molecular formula is C52H26N8. The summed E-state index contributed by atoms with van der Waals surface area (Å²) in [5, 5.41) is 53.0. The second-order valence-electron chi connectivity index (χ2n) is 14.5. The first kappa shape index (κ1) is 35.2. The van der Waals surface area contributed by atoms with Gasteiger partial charge in [-0.3, -0.25) is 4.98 Å². The zero-order valence-corrected chi connectivity index (χ0v) is 31.6. The Balaban J connectivity index is 1.20. The maximum atomic E-state index is 10.2. The summed E-state index contributed by atoms with van der Waals surface area (Å²) in [6.45, 7) is 0. The quantitative estimate of drug-likeness (QED) is 0.171. The molecule has 0 fully saturated rings. The maximum absolute atomic E-state index is 10.2. The lowest BCUT2D eigenvalue weighted by molar-refractivity contribution is 1.14. The fraction of sp³-hybridized carbons (Fsp3) is 0. The monoisotopic (exact) mass is 762 g/mol. The molecule has 0 aliphatic carbocycles. The average molecular weight is 763 g/mol. The number of rotatable bonds is 5. The molecule has 10 rings (SSSR count). The van der Waals surface area contributed by atoms with Crippen LogP contribution in [0, 0.1) is 56.7 Å². The van der Waals surface area contributed by atoms with Crippen molar-refractivity contribution in [1.82, 2.24) is 14.1 Å². The molecule has 0 atom stereocenters. The molecule has 0 saturated heterocycles. The van der Waals surface area contributed by atoms with E-state index in [9.17, 15) is 26.3 Å². The highest BCUT2D eigenvalue weighted by atomic mass is 15.0. The van der Waals surface area contributed by atoms with Crippen LogP contribution in [0.25, 0.3) is 88.4 Å². The molecule has 8 heteroatoms. The molecule has 0 amide bonds. The molecule has 7 aromatic carbocycles. The first-order valence-corrected chi connectivity index (χ1v) is 19.0. The van der Waals surface area contributed by atoms with Crippen LogP contribution in [0.5, 0.6) is 0 Å². The Hall–Kier alpha value is -9.26. The molecule has 0 unspecified atom stereocenters. The second kappa shape index (κ2) is 14.0. The van der Waals surface area contributed by atoms with Gasteiger partial charge in [-0.1, -0.05) is 54.6 Å². The van der Waals surface area contributed by atoms with Gasteiger partial charge in [-0.05, 0) is 113 Å². The number of para-hydroxylation sites is 2. The summed E-state index contributed by atoms with van der Waals surface area (Å²) in [5.41, 5.74) is 12.7. The lowest BCUT2D eigenvalue weighted by Gasteiger charge is -2.18. The Bertz CT molecular complexity index is 3620. The van der Waals surface area contributed by atoms with Gasteiger partial charge < -0.3 is 9.13 Å². The highest BCUT2D eigenvalue weighted by Gasteiger charge is 2.22. The predicted octanol–water partition coefficient (Wildman–Crippen LogP) is 11.6. The summed E-state index contributed by atoms with van der Waals surface area (Å²) in [5.74, 6) is 0.